The molecule has 1 unspecified atom stereocenters. The summed E-state index contributed by atoms with van der Waals surface area (Å²) in [6.45, 7) is 13.1. The van der Waals surface area contributed by atoms with Crippen LogP contribution in [0.2, 0.25) is 0 Å². The summed E-state index contributed by atoms with van der Waals surface area (Å²) in [4.78, 5) is 45.9. The van der Waals surface area contributed by atoms with Crippen LogP contribution in [0.3, 0.4) is 0 Å². The van der Waals surface area contributed by atoms with Gasteiger partial charge in [0.15, 0.2) is 6.17 Å². The first-order valence-electron chi connectivity index (χ1n) is 10.5. The molecule has 0 aromatic heterocycles. The van der Waals surface area contributed by atoms with Crippen molar-refractivity contribution in [3.63, 3.8) is 0 Å². The van der Waals surface area contributed by atoms with Gasteiger partial charge in [-0.2, -0.15) is 0 Å². The highest BCUT2D eigenvalue weighted by Gasteiger charge is 2.29. The van der Waals surface area contributed by atoms with Crippen LogP contribution in [0.25, 0.3) is 0 Å². The first-order chi connectivity index (χ1) is 14.4. The lowest BCUT2D eigenvalue weighted by atomic mass is 10.1. The van der Waals surface area contributed by atoms with Crippen LogP contribution in [-0.4, -0.2) is 79.6 Å². The number of carboxylic acid groups (broad SMARTS) is 1. The molecule has 0 saturated heterocycles. The van der Waals surface area contributed by atoms with Gasteiger partial charge >= 0.3 is 5.97 Å². The lowest BCUT2D eigenvalue weighted by Crippen LogP contribution is -2.58. The maximum absolute atomic E-state index is 12.2. The molecule has 0 aromatic carbocycles. The molecule has 0 aliphatic rings. The third-order valence-corrected chi connectivity index (χ3v) is 4.87. The predicted octanol–water partition coefficient (Wildman–Crippen LogP) is 0.967. The smallest absolute Gasteiger partial charge is 0.310 e. The minimum atomic E-state index is -1.12. The fourth-order valence-electron chi connectivity index (χ4n) is 2.90. The number of aliphatic carboxylic acids is 1. The topological polar surface area (TPSA) is 125 Å². The third kappa shape index (κ3) is 13.4. The average Bonchev–Trinajstić information content (AvgIpc) is 2.64. The van der Waals surface area contributed by atoms with E-state index in [1.807, 2.05) is 14.1 Å². The molecule has 4 N–H and O–H groups in total. The van der Waals surface area contributed by atoms with Crippen molar-refractivity contribution in [1.82, 2.24) is 16.0 Å². The van der Waals surface area contributed by atoms with Crippen molar-refractivity contribution in [3.8, 4) is 0 Å². The minimum Gasteiger partial charge on any atom is -0.481 e. The fraction of sp³-hybridized carbons (Fsp3) is 0.636. The number of nitrogens with one attached hydrogen (secondary N) is 3. The number of Topliss-reactive ketones (excluding diaryl/α,β-unsaturated/α-hetero) is 1. The molecule has 0 bridgehead atoms. The molecule has 176 valence electrons. The van der Waals surface area contributed by atoms with Crippen molar-refractivity contribution < 1.29 is 28.8 Å². The van der Waals surface area contributed by atoms with Crippen molar-refractivity contribution in [2.24, 2.45) is 0 Å². The maximum Gasteiger partial charge on any atom is 0.310 e. The van der Waals surface area contributed by atoms with Gasteiger partial charge in [0.2, 0.25) is 5.91 Å². The molecule has 9 heteroatoms. The summed E-state index contributed by atoms with van der Waals surface area (Å²) < 4.78 is 0.454. The molecule has 9 nitrogen and oxygen atoms in total. The molecule has 0 radical (unpaired) electrons. The monoisotopic (exact) mass is 439 g/mol. The van der Waals surface area contributed by atoms with E-state index in [-0.39, 0.29) is 30.2 Å². The second-order valence-corrected chi connectivity index (χ2v) is 8.41. The highest BCUT2D eigenvalue weighted by molar-refractivity contribution is 5.94. The van der Waals surface area contributed by atoms with Gasteiger partial charge in [0.25, 0.3) is 5.91 Å². The van der Waals surface area contributed by atoms with E-state index in [1.165, 1.54) is 0 Å². The molecular weight excluding hydrogens is 400 g/mol. The highest BCUT2D eigenvalue weighted by atomic mass is 16.4. The SMILES string of the molecule is C=C(C)C(=O)NCCCNCCC(NC(=O)C(=C)C)[N+](C)(C)CCCC(=O)CC(=O)O. The van der Waals surface area contributed by atoms with Gasteiger partial charge in [-0.25, -0.2) is 0 Å². The van der Waals surface area contributed by atoms with Gasteiger partial charge in [-0.3, -0.25) is 19.2 Å². The third-order valence-electron chi connectivity index (χ3n) is 4.87. The molecule has 0 fully saturated rings. The van der Waals surface area contributed by atoms with Crippen LogP contribution in [0.1, 0.15) is 46.0 Å². The van der Waals surface area contributed by atoms with Gasteiger partial charge < -0.3 is 25.5 Å². The number of carbonyl (C=O) groups excluding carboxylic acids is 3. The van der Waals surface area contributed by atoms with Gasteiger partial charge in [0.1, 0.15) is 12.2 Å². The summed E-state index contributed by atoms with van der Waals surface area (Å²) in [5, 5.41) is 17.8. The largest absolute Gasteiger partial charge is 0.481 e. The van der Waals surface area contributed by atoms with Gasteiger partial charge in [0, 0.05) is 43.5 Å². The van der Waals surface area contributed by atoms with E-state index in [4.69, 9.17) is 5.11 Å². The second-order valence-electron chi connectivity index (χ2n) is 8.41. The van der Waals surface area contributed by atoms with Crippen LogP contribution in [-0.2, 0) is 19.2 Å². The summed E-state index contributed by atoms with van der Waals surface area (Å²) in [5.74, 6) is -1.78. The Balaban J connectivity index is 4.58. The molecule has 0 saturated carbocycles. The number of carboxylic acids is 1. The van der Waals surface area contributed by atoms with Crippen molar-refractivity contribution in [2.75, 3.05) is 40.3 Å². The van der Waals surface area contributed by atoms with Crippen molar-refractivity contribution in [1.29, 1.82) is 0 Å². The van der Waals surface area contributed by atoms with Crippen LogP contribution in [0.5, 0.6) is 0 Å². The number of amides is 2. The van der Waals surface area contributed by atoms with Gasteiger partial charge in [-0.1, -0.05) is 13.2 Å². The standard InChI is InChI=1S/C22H38N4O5/c1-16(2)21(30)24-12-8-11-23-13-10-19(25-22(31)17(3)4)26(5,6)14-7-9-18(27)15-20(28)29/h19,23H,1,3,7-15H2,2,4-6H3,(H2-,24,25,28,29,30,31)/p+1. The zero-order valence-electron chi connectivity index (χ0n) is 19.4. The Morgan fingerprint density at radius 2 is 1.55 bits per heavy atom. The predicted molar refractivity (Wildman–Crippen MR) is 120 cm³/mol. The van der Waals surface area contributed by atoms with E-state index in [2.05, 4.69) is 29.1 Å². The summed E-state index contributed by atoms with van der Waals surface area (Å²) >= 11 is 0. The number of hydrogen-bond acceptors (Lipinski definition) is 5. The Bertz CT molecular complexity index is 673. The van der Waals surface area contributed by atoms with Crippen LogP contribution >= 0.6 is 0 Å². The number of nitrogens with zero attached hydrogens (tertiary/aromatic N) is 1. The number of hydrogen-bond donors (Lipinski definition) is 4. The van der Waals surface area contributed by atoms with E-state index in [0.29, 0.717) is 48.1 Å². The van der Waals surface area contributed by atoms with Crippen LogP contribution in [0.4, 0.5) is 0 Å². The molecule has 0 aromatic rings. The Kier molecular flexibility index (Phi) is 13.3. The van der Waals surface area contributed by atoms with Crippen LogP contribution in [0.15, 0.2) is 24.3 Å². The molecule has 0 aliphatic carbocycles. The van der Waals surface area contributed by atoms with E-state index < -0.39 is 12.4 Å². The zero-order valence-corrected chi connectivity index (χ0v) is 19.4. The van der Waals surface area contributed by atoms with Gasteiger partial charge in [0.05, 0.1) is 20.6 Å². The quantitative estimate of drug-likeness (QED) is 0.0880. The molecule has 1 atom stereocenters. The first-order valence-corrected chi connectivity index (χ1v) is 10.5. The number of rotatable bonds is 17. The number of quaternary nitrogens is 1. The Morgan fingerprint density at radius 1 is 0.935 bits per heavy atom. The van der Waals surface area contributed by atoms with Gasteiger partial charge in [-0.15, -0.1) is 0 Å². The molecule has 0 aliphatic heterocycles. The van der Waals surface area contributed by atoms with Crippen LogP contribution in [0, 0.1) is 0 Å². The molecule has 0 heterocycles. The number of ketones is 1. The van der Waals surface area contributed by atoms with Gasteiger partial charge in [-0.05, 0) is 26.8 Å². The molecule has 0 rings (SSSR count). The molecule has 31 heavy (non-hydrogen) atoms. The maximum atomic E-state index is 12.2. The Morgan fingerprint density at radius 3 is 2.10 bits per heavy atom. The second kappa shape index (κ2) is 14.5. The molecule has 0 spiro atoms. The minimum absolute atomic E-state index is 0.150. The number of carbonyl (C=O) groups is 4. The van der Waals surface area contributed by atoms with Crippen molar-refractivity contribution >= 4 is 23.6 Å². The summed E-state index contributed by atoms with van der Waals surface area (Å²) in [5.41, 5.74) is 0.900. The van der Waals surface area contributed by atoms with Crippen LogP contribution < -0.4 is 16.0 Å². The van der Waals surface area contributed by atoms with E-state index in [0.717, 1.165) is 13.0 Å². The summed E-state index contributed by atoms with van der Waals surface area (Å²) in [6.07, 6.45) is 1.51. The normalized spacial score (nSPS) is 12.0. The summed E-state index contributed by atoms with van der Waals surface area (Å²) in [6, 6.07) is 0. The first kappa shape index (κ1) is 28.5. The van der Waals surface area contributed by atoms with E-state index in [1.54, 1.807) is 13.8 Å². The molecular formula is C22H39N4O5+. The van der Waals surface area contributed by atoms with Crippen molar-refractivity contribution in [3.05, 3.63) is 24.3 Å². The van der Waals surface area contributed by atoms with Crippen molar-refractivity contribution in [2.45, 2.75) is 52.1 Å². The highest BCUT2D eigenvalue weighted by Crippen LogP contribution is 2.12. The molecule has 2 amide bonds. The van der Waals surface area contributed by atoms with E-state index >= 15 is 0 Å². The Labute approximate surface area is 185 Å². The average molecular weight is 440 g/mol. The fourth-order valence-corrected chi connectivity index (χ4v) is 2.90. The lowest BCUT2D eigenvalue weighted by Gasteiger charge is -2.38. The van der Waals surface area contributed by atoms with E-state index in [9.17, 15) is 19.2 Å². The summed E-state index contributed by atoms with van der Waals surface area (Å²) in [7, 11) is 3.94. The Hall–Kier alpha value is -2.52. The zero-order chi connectivity index (χ0) is 24.0. The lowest BCUT2D eigenvalue weighted by molar-refractivity contribution is -0.917.